The molecular formula is C21H21N5O. The van der Waals surface area contributed by atoms with Crippen molar-refractivity contribution in [3.05, 3.63) is 66.4 Å². The summed E-state index contributed by atoms with van der Waals surface area (Å²) in [7, 11) is 0. The molecule has 0 saturated carbocycles. The van der Waals surface area contributed by atoms with Crippen LogP contribution in [-0.4, -0.2) is 43.2 Å². The van der Waals surface area contributed by atoms with Crippen LogP contribution in [-0.2, 0) is 6.42 Å². The van der Waals surface area contributed by atoms with Crippen molar-refractivity contribution in [1.82, 2.24) is 24.3 Å². The molecule has 1 aliphatic heterocycles. The number of hydrogen-bond donors (Lipinski definition) is 1. The summed E-state index contributed by atoms with van der Waals surface area (Å²) in [5.74, 6) is 1.71. The van der Waals surface area contributed by atoms with Crippen molar-refractivity contribution < 1.29 is 4.79 Å². The lowest BCUT2D eigenvalue weighted by Gasteiger charge is -2.31. The number of H-pyrrole nitrogens is 1. The van der Waals surface area contributed by atoms with Crippen molar-refractivity contribution in [2.45, 2.75) is 19.3 Å². The van der Waals surface area contributed by atoms with Gasteiger partial charge in [-0.25, -0.2) is 9.97 Å². The Bertz CT molecular complexity index is 1070. The minimum Gasteiger partial charge on any atom is -0.342 e. The highest BCUT2D eigenvalue weighted by Crippen LogP contribution is 2.23. The Morgan fingerprint density at radius 2 is 2.00 bits per heavy atom. The number of amides is 1. The average Bonchev–Trinajstić information content (AvgIpc) is 3.33. The van der Waals surface area contributed by atoms with E-state index in [1.54, 1.807) is 6.20 Å². The van der Waals surface area contributed by atoms with Gasteiger partial charge in [0.1, 0.15) is 11.5 Å². The second-order valence-electron chi connectivity index (χ2n) is 7.25. The lowest BCUT2D eigenvalue weighted by atomic mass is 9.93. The van der Waals surface area contributed by atoms with Crippen LogP contribution < -0.4 is 0 Å². The number of rotatable bonds is 3. The molecule has 136 valence electrons. The van der Waals surface area contributed by atoms with Crippen LogP contribution in [0.25, 0.3) is 16.7 Å². The number of likely N-dealkylation sites (tertiary alicyclic amines) is 1. The number of fused-ring (bicyclic) bond motifs is 2. The van der Waals surface area contributed by atoms with Gasteiger partial charge in [-0.2, -0.15) is 0 Å². The Balaban J connectivity index is 1.23. The van der Waals surface area contributed by atoms with Crippen molar-refractivity contribution in [2.24, 2.45) is 5.92 Å². The van der Waals surface area contributed by atoms with Gasteiger partial charge in [0, 0.05) is 38.1 Å². The quantitative estimate of drug-likeness (QED) is 0.610. The molecule has 0 spiro atoms. The van der Waals surface area contributed by atoms with Crippen molar-refractivity contribution in [3.63, 3.8) is 0 Å². The van der Waals surface area contributed by atoms with E-state index in [-0.39, 0.29) is 5.91 Å². The first-order valence-electron chi connectivity index (χ1n) is 9.42. The van der Waals surface area contributed by atoms with Crippen LogP contribution in [0.15, 0.2) is 55.0 Å². The van der Waals surface area contributed by atoms with Crippen LogP contribution in [0.3, 0.4) is 0 Å². The number of para-hydroxylation sites is 2. The van der Waals surface area contributed by atoms with E-state index in [0.29, 0.717) is 5.92 Å². The molecule has 1 amide bonds. The summed E-state index contributed by atoms with van der Waals surface area (Å²) < 4.78 is 1.89. The Labute approximate surface area is 156 Å². The summed E-state index contributed by atoms with van der Waals surface area (Å²) in [6.07, 6.45) is 8.44. The molecule has 1 saturated heterocycles. The monoisotopic (exact) mass is 359 g/mol. The summed E-state index contributed by atoms with van der Waals surface area (Å²) in [5.41, 5.74) is 3.69. The van der Waals surface area contributed by atoms with E-state index in [4.69, 9.17) is 0 Å². The molecule has 1 aliphatic rings. The first-order valence-corrected chi connectivity index (χ1v) is 9.42. The fraction of sp³-hybridized carbons (Fsp3) is 0.286. The number of carbonyl (C=O) groups excluding carboxylic acids is 1. The molecule has 1 N–H and O–H groups in total. The number of imidazole rings is 2. The molecule has 1 fully saturated rings. The van der Waals surface area contributed by atoms with E-state index >= 15 is 0 Å². The maximum atomic E-state index is 12.8. The molecule has 0 bridgehead atoms. The van der Waals surface area contributed by atoms with Crippen LogP contribution in [0.1, 0.15) is 29.0 Å². The highest BCUT2D eigenvalue weighted by Gasteiger charge is 2.24. The highest BCUT2D eigenvalue weighted by atomic mass is 16.2. The van der Waals surface area contributed by atoms with E-state index < -0.39 is 0 Å². The number of piperidine rings is 1. The summed E-state index contributed by atoms with van der Waals surface area (Å²) in [6, 6.07) is 11.9. The largest absolute Gasteiger partial charge is 0.342 e. The van der Waals surface area contributed by atoms with Crippen LogP contribution >= 0.6 is 0 Å². The number of aromatic nitrogens is 4. The zero-order chi connectivity index (χ0) is 18.2. The smallest absolute Gasteiger partial charge is 0.255 e. The van der Waals surface area contributed by atoms with Gasteiger partial charge in [0.2, 0.25) is 0 Å². The summed E-state index contributed by atoms with van der Waals surface area (Å²) in [5, 5.41) is 0. The maximum absolute atomic E-state index is 12.8. The van der Waals surface area contributed by atoms with Gasteiger partial charge in [-0.3, -0.25) is 4.79 Å². The lowest BCUT2D eigenvalue weighted by molar-refractivity contribution is 0.0689. The van der Waals surface area contributed by atoms with E-state index in [1.165, 1.54) is 0 Å². The predicted octanol–water partition coefficient (Wildman–Crippen LogP) is 3.31. The highest BCUT2D eigenvalue weighted by molar-refractivity contribution is 5.94. The van der Waals surface area contributed by atoms with Crippen LogP contribution in [0, 0.1) is 5.92 Å². The molecule has 0 radical (unpaired) electrons. The molecule has 0 aliphatic carbocycles. The van der Waals surface area contributed by atoms with E-state index in [2.05, 4.69) is 21.0 Å². The first-order chi connectivity index (χ1) is 13.3. The van der Waals surface area contributed by atoms with Gasteiger partial charge in [-0.05, 0) is 43.0 Å². The van der Waals surface area contributed by atoms with Gasteiger partial charge in [-0.1, -0.05) is 12.1 Å². The molecule has 0 atom stereocenters. The van der Waals surface area contributed by atoms with E-state index in [0.717, 1.165) is 60.4 Å². The first kappa shape index (κ1) is 16.1. The van der Waals surface area contributed by atoms with E-state index in [1.807, 2.05) is 52.0 Å². The Kier molecular flexibility index (Phi) is 3.89. The maximum Gasteiger partial charge on any atom is 0.255 e. The molecule has 5 rings (SSSR count). The number of nitrogens with zero attached hydrogens (tertiary/aromatic N) is 4. The average molecular weight is 359 g/mol. The lowest BCUT2D eigenvalue weighted by Crippen LogP contribution is -2.39. The molecule has 6 heteroatoms. The number of carbonyl (C=O) groups is 1. The Morgan fingerprint density at radius 1 is 1.15 bits per heavy atom. The second-order valence-corrected chi connectivity index (χ2v) is 7.25. The fourth-order valence-electron chi connectivity index (χ4n) is 3.95. The molecule has 27 heavy (non-hydrogen) atoms. The zero-order valence-electron chi connectivity index (χ0n) is 15.0. The van der Waals surface area contributed by atoms with Crippen molar-refractivity contribution in [1.29, 1.82) is 0 Å². The van der Waals surface area contributed by atoms with Crippen molar-refractivity contribution in [2.75, 3.05) is 13.1 Å². The number of pyridine rings is 1. The van der Waals surface area contributed by atoms with Gasteiger partial charge in [0.25, 0.3) is 5.91 Å². The van der Waals surface area contributed by atoms with Gasteiger partial charge >= 0.3 is 0 Å². The van der Waals surface area contributed by atoms with Crippen LogP contribution in [0.4, 0.5) is 0 Å². The minimum atomic E-state index is 0.104. The second kappa shape index (κ2) is 6.54. The van der Waals surface area contributed by atoms with Gasteiger partial charge in [-0.15, -0.1) is 0 Å². The normalized spacial score (nSPS) is 15.6. The standard InChI is InChI=1S/C21H21N5O/c27-21(16-5-6-20-22-9-12-26(20)14-16)25-10-7-15(8-11-25)13-19-23-17-3-1-2-4-18(17)24-19/h1-6,9,12,14-15H,7-8,10-11,13H2,(H,23,24). The number of aromatic amines is 1. The third-order valence-corrected chi connectivity index (χ3v) is 5.46. The molecule has 4 heterocycles. The predicted molar refractivity (Wildman–Crippen MR) is 104 cm³/mol. The molecular weight excluding hydrogens is 338 g/mol. The topological polar surface area (TPSA) is 66.3 Å². The Morgan fingerprint density at radius 3 is 2.85 bits per heavy atom. The van der Waals surface area contributed by atoms with E-state index in [9.17, 15) is 4.79 Å². The zero-order valence-corrected chi connectivity index (χ0v) is 15.0. The third kappa shape index (κ3) is 3.07. The molecule has 3 aromatic heterocycles. The Hall–Kier alpha value is -3.15. The number of nitrogens with one attached hydrogen (secondary N) is 1. The number of hydrogen-bond acceptors (Lipinski definition) is 3. The summed E-state index contributed by atoms with van der Waals surface area (Å²) in [4.78, 5) is 27.1. The van der Waals surface area contributed by atoms with Gasteiger partial charge in [0.15, 0.2) is 0 Å². The SMILES string of the molecule is O=C(c1ccc2nccn2c1)N1CCC(Cc2nc3ccccc3[nH]2)CC1. The molecule has 0 unspecified atom stereocenters. The third-order valence-electron chi connectivity index (χ3n) is 5.46. The summed E-state index contributed by atoms with van der Waals surface area (Å²) in [6.45, 7) is 1.59. The summed E-state index contributed by atoms with van der Waals surface area (Å²) >= 11 is 0. The molecule has 1 aromatic carbocycles. The van der Waals surface area contributed by atoms with Gasteiger partial charge < -0.3 is 14.3 Å². The molecule has 4 aromatic rings. The molecule has 6 nitrogen and oxygen atoms in total. The fourth-order valence-corrected chi connectivity index (χ4v) is 3.95. The van der Waals surface area contributed by atoms with Crippen LogP contribution in [0.5, 0.6) is 0 Å². The van der Waals surface area contributed by atoms with Crippen molar-refractivity contribution in [3.8, 4) is 0 Å². The van der Waals surface area contributed by atoms with Crippen LogP contribution in [0.2, 0.25) is 0 Å². The van der Waals surface area contributed by atoms with Crippen molar-refractivity contribution >= 4 is 22.6 Å². The van der Waals surface area contributed by atoms with Gasteiger partial charge in [0.05, 0.1) is 16.6 Å². The minimum absolute atomic E-state index is 0.104. The number of benzene rings is 1.